The van der Waals surface area contributed by atoms with Crippen molar-refractivity contribution in [2.45, 2.75) is 50.3 Å². The number of carboxylic acid groups (broad SMARTS) is 1. The van der Waals surface area contributed by atoms with Gasteiger partial charge in [0.15, 0.2) is 17.8 Å². The first-order chi connectivity index (χ1) is 16.1. The highest BCUT2D eigenvalue weighted by molar-refractivity contribution is 7.85. The number of nitrogens with zero attached hydrogens (tertiary/aromatic N) is 1. The van der Waals surface area contributed by atoms with Gasteiger partial charge in [-0.1, -0.05) is 6.07 Å². The van der Waals surface area contributed by atoms with Gasteiger partial charge in [0.25, 0.3) is 10.1 Å². The molecule has 3 rings (SSSR count). The van der Waals surface area contributed by atoms with Crippen LogP contribution in [0.3, 0.4) is 0 Å². The highest BCUT2D eigenvalue weighted by Gasteiger charge is 2.53. The Balaban J connectivity index is 1.87. The number of hydrogen-bond donors (Lipinski definition) is 2. The minimum Gasteiger partial charge on any atom is -0.493 e. The number of amides is 2. The van der Waals surface area contributed by atoms with Gasteiger partial charge in [-0.15, -0.1) is 0 Å². The maximum atomic E-state index is 12.9. The van der Waals surface area contributed by atoms with Crippen LogP contribution in [0.15, 0.2) is 18.2 Å². The molecule has 2 aliphatic rings. The Morgan fingerprint density at radius 1 is 1.26 bits per heavy atom. The minimum absolute atomic E-state index is 0.103. The second-order valence-corrected chi connectivity index (χ2v) is 9.68. The molecule has 0 unspecified atom stereocenters. The molecule has 4 atom stereocenters. The summed E-state index contributed by atoms with van der Waals surface area (Å²) in [5.41, 5.74) is 0.696. The van der Waals surface area contributed by atoms with E-state index in [-0.39, 0.29) is 6.54 Å². The first-order valence-electron chi connectivity index (χ1n) is 10.7. The largest absolute Gasteiger partial charge is 0.493 e. The van der Waals surface area contributed by atoms with Gasteiger partial charge in [0.05, 0.1) is 33.1 Å². The molecule has 1 aromatic carbocycles. The van der Waals surface area contributed by atoms with E-state index >= 15 is 0 Å². The fraction of sp³-hybridized carbons (Fsp3) is 0.619. The molecule has 12 nitrogen and oxygen atoms in total. The first kappa shape index (κ1) is 26.0. The van der Waals surface area contributed by atoms with Crippen LogP contribution in [0.5, 0.6) is 11.5 Å². The minimum atomic E-state index is -3.82. The summed E-state index contributed by atoms with van der Waals surface area (Å²) >= 11 is 0. The van der Waals surface area contributed by atoms with Gasteiger partial charge in [0.1, 0.15) is 12.1 Å². The Hall–Kier alpha value is -2.61. The second-order valence-electron chi connectivity index (χ2n) is 8.03. The zero-order valence-electron chi connectivity index (χ0n) is 19.3. The van der Waals surface area contributed by atoms with Gasteiger partial charge >= 0.3 is 6.09 Å². The van der Waals surface area contributed by atoms with E-state index in [2.05, 4.69) is 5.32 Å². The van der Waals surface area contributed by atoms with Crippen molar-refractivity contribution in [3.8, 4) is 11.5 Å². The van der Waals surface area contributed by atoms with Crippen LogP contribution >= 0.6 is 0 Å². The smallest absolute Gasteiger partial charge is 0.405 e. The van der Waals surface area contributed by atoms with E-state index < -0.39 is 53.2 Å². The van der Waals surface area contributed by atoms with Crippen LogP contribution in [0.1, 0.15) is 24.8 Å². The summed E-state index contributed by atoms with van der Waals surface area (Å²) in [6.07, 6.45) is 0.259. The van der Waals surface area contributed by atoms with Gasteiger partial charge in [-0.3, -0.25) is 8.98 Å². The monoisotopic (exact) mass is 502 g/mol. The number of hydrogen-bond acceptors (Lipinski definition) is 9. The van der Waals surface area contributed by atoms with Crippen LogP contribution in [0.2, 0.25) is 0 Å². The number of likely N-dealkylation sites (tertiary alicyclic amines) is 1. The van der Waals surface area contributed by atoms with Crippen LogP contribution in [-0.2, 0) is 35.1 Å². The number of methoxy groups -OCH3 is 2. The Morgan fingerprint density at radius 2 is 2.00 bits per heavy atom. The molecule has 2 heterocycles. The van der Waals surface area contributed by atoms with Crippen molar-refractivity contribution in [2.75, 3.05) is 33.7 Å². The number of benzene rings is 1. The Kier molecular flexibility index (Phi) is 8.57. The molecule has 0 aliphatic carbocycles. The third-order valence-corrected chi connectivity index (χ3v) is 6.19. The van der Waals surface area contributed by atoms with Gasteiger partial charge in [-0.2, -0.15) is 8.42 Å². The summed E-state index contributed by atoms with van der Waals surface area (Å²) in [5, 5.41) is 11.4. The van der Waals surface area contributed by atoms with E-state index in [0.29, 0.717) is 30.1 Å². The predicted octanol–water partition coefficient (Wildman–Crippen LogP) is 0.939. The van der Waals surface area contributed by atoms with Crippen molar-refractivity contribution >= 4 is 22.1 Å². The average molecular weight is 503 g/mol. The molecular weight excluding hydrogens is 472 g/mol. The van der Waals surface area contributed by atoms with Gasteiger partial charge in [-0.25, -0.2) is 4.79 Å². The second kappa shape index (κ2) is 11.2. The molecule has 0 radical (unpaired) electrons. The first-order valence-corrected chi connectivity index (χ1v) is 12.6. The molecule has 0 saturated carbocycles. The van der Waals surface area contributed by atoms with Crippen LogP contribution in [-0.4, -0.2) is 88.6 Å². The lowest BCUT2D eigenvalue weighted by atomic mass is 9.89. The summed E-state index contributed by atoms with van der Waals surface area (Å²) in [6.45, 7) is 0.183. The molecule has 34 heavy (non-hydrogen) atoms. The highest BCUT2D eigenvalue weighted by Crippen LogP contribution is 2.33. The summed E-state index contributed by atoms with van der Waals surface area (Å²) in [4.78, 5) is 25.6. The zero-order chi connectivity index (χ0) is 24.9. The van der Waals surface area contributed by atoms with Crippen molar-refractivity contribution in [3.63, 3.8) is 0 Å². The van der Waals surface area contributed by atoms with E-state index in [0.717, 1.165) is 19.1 Å². The van der Waals surface area contributed by atoms with Crippen molar-refractivity contribution in [2.24, 2.45) is 0 Å². The van der Waals surface area contributed by atoms with Crippen LogP contribution in [0.4, 0.5) is 4.79 Å². The molecule has 2 aliphatic heterocycles. The molecule has 190 valence electrons. The SMILES string of the molecule is COc1ccc(CN2C(=O)[C@@H](NC(=O)O)[C@H]2[C@H](COS(C)(=O)=O)O[C@H]2CCCCO2)cc1OC. The van der Waals surface area contributed by atoms with E-state index in [1.54, 1.807) is 18.2 Å². The zero-order valence-corrected chi connectivity index (χ0v) is 20.1. The summed E-state index contributed by atoms with van der Waals surface area (Å²) in [7, 11) is -0.822. The van der Waals surface area contributed by atoms with Gasteiger partial charge in [0, 0.05) is 13.2 Å². The lowest BCUT2D eigenvalue weighted by molar-refractivity contribution is -0.219. The summed E-state index contributed by atoms with van der Waals surface area (Å²) in [6, 6.07) is 3.18. The topological polar surface area (TPSA) is 150 Å². The normalized spacial score (nSPS) is 23.7. The Bertz CT molecular complexity index is 980. The lowest BCUT2D eigenvalue weighted by Gasteiger charge is -2.50. The number of β-lactam (4-membered cyclic amide) rings is 1. The standard InChI is InChI=1S/C21H30N2O10S/c1-29-14-8-7-13(10-15(14)30-2)11-23-19(18(20(23)24)22-21(25)26)16(12-32-34(3,27)28)33-17-6-4-5-9-31-17/h7-8,10,16-19,22H,4-6,9,11-12H2,1-3H3,(H,25,26)/t16-,17-,18-,19+/m0/s1. The average Bonchev–Trinajstić information content (AvgIpc) is 2.80. The quantitative estimate of drug-likeness (QED) is 0.330. The number of ether oxygens (including phenoxy) is 4. The number of carbonyl (C=O) groups is 2. The molecule has 1 aromatic rings. The van der Waals surface area contributed by atoms with Crippen molar-refractivity contribution in [1.82, 2.24) is 10.2 Å². The molecule has 2 fully saturated rings. The molecule has 0 spiro atoms. The van der Waals surface area contributed by atoms with E-state index in [1.807, 2.05) is 0 Å². The van der Waals surface area contributed by atoms with E-state index in [1.165, 1.54) is 19.1 Å². The summed E-state index contributed by atoms with van der Waals surface area (Å²) in [5.74, 6) is 0.508. The maximum Gasteiger partial charge on any atom is 0.405 e. The number of carbonyl (C=O) groups excluding carboxylic acids is 1. The van der Waals surface area contributed by atoms with Crippen LogP contribution < -0.4 is 14.8 Å². The maximum absolute atomic E-state index is 12.9. The molecular formula is C21H30N2O10S. The van der Waals surface area contributed by atoms with Crippen molar-refractivity contribution in [1.29, 1.82) is 0 Å². The fourth-order valence-corrected chi connectivity index (χ4v) is 4.43. The Labute approximate surface area is 198 Å². The highest BCUT2D eigenvalue weighted by atomic mass is 32.2. The molecule has 13 heteroatoms. The predicted molar refractivity (Wildman–Crippen MR) is 118 cm³/mol. The molecule has 0 bridgehead atoms. The third kappa shape index (κ3) is 6.50. The van der Waals surface area contributed by atoms with E-state index in [9.17, 15) is 23.1 Å². The Morgan fingerprint density at radius 3 is 2.59 bits per heavy atom. The molecule has 2 amide bonds. The lowest BCUT2D eigenvalue weighted by Crippen LogP contribution is -2.74. The van der Waals surface area contributed by atoms with Gasteiger partial charge < -0.3 is 34.3 Å². The van der Waals surface area contributed by atoms with Crippen LogP contribution in [0.25, 0.3) is 0 Å². The van der Waals surface area contributed by atoms with Crippen LogP contribution in [0, 0.1) is 0 Å². The molecule has 2 saturated heterocycles. The third-order valence-electron chi connectivity index (χ3n) is 5.62. The number of nitrogens with one attached hydrogen (secondary N) is 1. The molecule has 0 aromatic heterocycles. The molecule has 2 N–H and O–H groups in total. The van der Waals surface area contributed by atoms with Crippen molar-refractivity contribution in [3.05, 3.63) is 23.8 Å². The fourth-order valence-electron chi connectivity index (χ4n) is 4.05. The number of rotatable bonds is 11. The van der Waals surface area contributed by atoms with Crippen molar-refractivity contribution < 1.29 is 46.2 Å². The van der Waals surface area contributed by atoms with E-state index in [4.69, 9.17) is 23.1 Å². The summed E-state index contributed by atoms with van der Waals surface area (Å²) < 4.78 is 50.5. The van der Waals surface area contributed by atoms with Gasteiger partial charge in [-0.05, 0) is 37.0 Å². The van der Waals surface area contributed by atoms with Gasteiger partial charge in [0.2, 0.25) is 5.91 Å².